The Balaban J connectivity index is 2.24. The van der Waals surface area contributed by atoms with Crippen LogP contribution in [0.3, 0.4) is 0 Å². The summed E-state index contributed by atoms with van der Waals surface area (Å²) in [7, 11) is 1.64. The standard InChI is InChI=1S/C22H15IO3/c1-26-18-11-10-13-6-2-4-8-15(13)19(18)20-16-9-5-3-7-14(16)12-17(21(20)23)22(24)25/h2-12H,1H3,(H,24,25). The number of hydrogen-bond donors (Lipinski definition) is 1. The van der Waals surface area contributed by atoms with Crippen LogP contribution in [0.15, 0.2) is 66.7 Å². The Kier molecular flexibility index (Phi) is 4.28. The van der Waals surface area contributed by atoms with Gasteiger partial charge in [-0.3, -0.25) is 0 Å². The highest BCUT2D eigenvalue weighted by Crippen LogP contribution is 2.43. The summed E-state index contributed by atoms with van der Waals surface area (Å²) in [5.41, 5.74) is 2.12. The summed E-state index contributed by atoms with van der Waals surface area (Å²) in [4.78, 5) is 11.8. The molecule has 0 unspecified atom stereocenters. The van der Waals surface area contributed by atoms with Crippen molar-refractivity contribution in [3.05, 3.63) is 75.9 Å². The van der Waals surface area contributed by atoms with Gasteiger partial charge in [0.2, 0.25) is 0 Å². The Morgan fingerprint density at radius 1 is 0.885 bits per heavy atom. The first-order chi connectivity index (χ1) is 12.6. The summed E-state index contributed by atoms with van der Waals surface area (Å²) >= 11 is 2.14. The van der Waals surface area contributed by atoms with Crippen LogP contribution in [0.25, 0.3) is 32.7 Å². The van der Waals surface area contributed by atoms with Gasteiger partial charge in [-0.2, -0.15) is 0 Å². The van der Waals surface area contributed by atoms with Gasteiger partial charge in [0.05, 0.1) is 12.7 Å². The smallest absolute Gasteiger partial charge is 0.336 e. The van der Waals surface area contributed by atoms with Gasteiger partial charge >= 0.3 is 5.97 Å². The van der Waals surface area contributed by atoms with E-state index in [2.05, 4.69) is 22.6 Å². The molecule has 0 aliphatic carbocycles. The molecule has 3 nitrogen and oxygen atoms in total. The van der Waals surface area contributed by atoms with Crippen molar-refractivity contribution < 1.29 is 14.6 Å². The molecule has 26 heavy (non-hydrogen) atoms. The van der Waals surface area contributed by atoms with E-state index < -0.39 is 5.97 Å². The molecule has 0 aliphatic heterocycles. The third-order valence-electron chi connectivity index (χ3n) is 4.58. The maximum atomic E-state index is 11.8. The molecule has 0 heterocycles. The van der Waals surface area contributed by atoms with E-state index in [1.54, 1.807) is 13.2 Å². The topological polar surface area (TPSA) is 46.5 Å². The van der Waals surface area contributed by atoms with E-state index in [-0.39, 0.29) is 0 Å². The number of aromatic carboxylic acids is 1. The minimum Gasteiger partial charge on any atom is -0.496 e. The van der Waals surface area contributed by atoms with Crippen LogP contribution in [0, 0.1) is 3.57 Å². The summed E-state index contributed by atoms with van der Waals surface area (Å²) in [6.07, 6.45) is 0. The number of halogens is 1. The van der Waals surface area contributed by atoms with Crippen LogP contribution in [-0.4, -0.2) is 18.2 Å². The zero-order valence-electron chi connectivity index (χ0n) is 14.0. The number of ether oxygens (including phenoxy) is 1. The molecule has 4 rings (SSSR count). The lowest BCUT2D eigenvalue weighted by Gasteiger charge is -2.17. The van der Waals surface area contributed by atoms with E-state index in [9.17, 15) is 9.90 Å². The molecule has 4 aromatic carbocycles. The number of benzene rings is 4. The van der Waals surface area contributed by atoms with Crippen molar-refractivity contribution in [2.45, 2.75) is 0 Å². The molecule has 0 saturated heterocycles. The number of carboxylic acid groups (broad SMARTS) is 1. The average Bonchev–Trinajstić information content (AvgIpc) is 2.67. The van der Waals surface area contributed by atoms with Gasteiger partial charge in [-0.05, 0) is 56.3 Å². The van der Waals surface area contributed by atoms with E-state index in [0.717, 1.165) is 38.4 Å². The first-order valence-electron chi connectivity index (χ1n) is 8.12. The third kappa shape index (κ3) is 2.61. The van der Waals surface area contributed by atoms with Crippen molar-refractivity contribution in [1.29, 1.82) is 0 Å². The Hall–Kier alpha value is -2.60. The molecule has 0 bridgehead atoms. The molecule has 0 fully saturated rings. The predicted molar refractivity (Wildman–Crippen MR) is 113 cm³/mol. The highest BCUT2D eigenvalue weighted by atomic mass is 127. The van der Waals surface area contributed by atoms with Crippen LogP contribution in [0.1, 0.15) is 10.4 Å². The highest BCUT2D eigenvalue weighted by molar-refractivity contribution is 14.1. The molecule has 0 spiro atoms. The van der Waals surface area contributed by atoms with Gasteiger partial charge in [0, 0.05) is 14.7 Å². The van der Waals surface area contributed by atoms with E-state index in [4.69, 9.17) is 4.74 Å². The van der Waals surface area contributed by atoms with Gasteiger partial charge in [0.15, 0.2) is 0 Å². The van der Waals surface area contributed by atoms with Gasteiger partial charge in [-0.15, -0.1) is 0 Å². The van der Waals surface area contributed by atoms with Crippen LogP contribution in [-0.2, 0) is 0 Å². The third-order valence-corrected chi connectivity index (χ3v) is 5.70. The zero-order chi connectivity index (χ0) is 18.3. The molecule has 1 N–H and O–H groups in total. The van der Waals surface area contributed by atoms with E-state index in [1.807, 2.05) is 60.7 Å². The largest absolute Gasteiger partial charge is 0.496 e. The molecule has 0 radical (unpaired) electrons. The monoisotopic (exact) mass is 454 g/mol. The van der Waals surface area contributed by atoms with Crippen LogP contribution in [0.4, 0.5) is 0 Å². The van der Waals surface area contributed by atoms with Gasteiger partial charge < -0.3 is 9.84 Å². The van der Waals surface area contributed by atoms with Crippen LogP contribution in [0.2, 0.25) is 0 Å². The van der Waals surface area contributed by atoms with Crippen molar-refractivity contribution in [1.82, 2.24) is 0 Å². The number of carboxylic acids is 1. The van der Waals surface area contributed by atoms with Gasteiger partial charge in [-0.1, -0.05) is 54.6 Å². The Morgan fingerprint density at radius 3 is 2.15 bits per heavy atom. The number of hydrogen-bond acceptors (Lipinski definition) is 2. The molecule has 4 aromatic rings. The second-order valence-electron chi connectivity index (χ2n) is 6.00. The van der Waals surface area contributed by atoms with Crippen molar-refractivity contribution in [2.24, 2.45) is 0 Å². The van der Waals surface area contributed by atoms with E-state index in [0.29, 0.717) is 9.13 Å². The fourth-order valence-corrected chi connectivity index (χ4v) is 4.35. The maximum absolute atomic E-state index is 11.8. The molecular formula is C22H15IO3. The minimum absolute atomic E-state index is 0.300. The second kappa shape index (κ2) is 6.61. The van der Waals surface area contributed by atoms with Crippen LogP contribution in [0.5, 0.6) is 5.75 Å². The summed E-state index contributed by atoms with van der Waals surface area (Å²) in [6, 6.07) is 21.6. The molecule has 128 valence electrons. The van der Waals surface area contributed by atoms with Crippen molar-refractivity contribution in [2.75, 3.05) is 7.11 Å². The van der Waals surface area contributed by atoms with Crippen molar-refractivity contribution in [3.8, 4) is 16.9 Å². The molecule has 0 saturated carbocycles. The SMILES string of the molecule is COc1ccc2ccccc2c1-c1c(I)c(C(=O)O)cc2ccccc12. The molecule has 0 aromatic heterocycles. The fourth-order valence-electron chi connectivity index (χ4n) is 3.40. The quantitative estimate of drug-likeness (QED) is 0.388. The lowest BCUT2D eigenvalue weighted by molar-refractivity contribution is 0.0696. The van der Waals surface area contributed by atoms with Gasteiger partial charge in [-0.25, -0.2) is 4.79 Å². The van der Waals surface area contributed by atoms with Crippen molar-refractivity contribution in [3.63, 3.8) is 0 Å². The first-order valence-corrected chi connectivity index (χ1v) is 9.20. The molecule has 0 atom stereocenters. The highest BCUT2D eigenvalue weighted by Gasteiger charge is 2.21. The van der Waals surface area contributed by atoms with Crippen molar-refractivity contribution >= 4 is 50.1 Å². The minimum atomic E-state index is -0.930. The van der Waals surface area contributed by atoms with Gasteiger partial charge in [0.1, 0.15) is 5.75 Å². The zero-order valence-corrected chi connectivity index (χ0v) is 16.2. The molecule has 4 heteroatoms. The van der Waals surface area contributed by atoms with Gasteiger partial charge in [0.25, 0.3) is 0 Å². The number of methoxy groups -OCH3 is 1. The lowest BCUT2D eigenvalue weighted by Crippen LogP contribution is -2.03. The van der Waals surface area contributed by atoms with Crippen LogP contribution >= 0.6 is 22.6 Å². The number of fused-ring (bicyclic) bond motifs is 2. The normalized spacial score (nSPS) is 11.0. The van der Waals surface area contributed by atoms with E-state index in [1.165, 1.54) is 0 Å². The first kappa shape index (κ1) is 16.8. The van der Waals surface area contributed by atoms with E-state index >= 15 is 0 Å². The summed E-state index contributed by atoms with van der Waals surface area (Å²) in [5.74, 6) is -0.199. The Bertz CT molecular complexity index is 1160. The second-order valence-corrected chi connectivity index (χ2v) is 7.08. The summed E-state index contributed by atoms with van der Waals surface area (Å²) in [6.45, 7) is 0. The Labute approximate surface area is 164 Å². The molecular weight excluding hydrogens is 439 g/mol. The number of rotatable bonds is 3. The maximum Gasteiger partial charge on any atom is 0.336 e. The average molecular weight is 454 g/mol. The summed E-state index contributed by atoms with van der Waals surface area (Å²) < 4.78 is 6.37. The molecule has 0 aliphatic rings. The van der Waals surface area contributed by atoms with Crippen LogP contribution < -0.4 is 4.74 Å². The Morgan fingerprint density at radius 2 is 1.50 bits per heavy atom. The summed E-state index contributed by atoms with van der Waals surface area (Å²) in [5, 5.41) is 13.7. The predicted octanol–water partition coefficient (Wildman–Crippen LogP) is 5.97. The molecule has 0 amide bonds. The lowest BCUT2D eigenvalue weighted by atomic mass is 9.91. The fraction of sp³-hybridized carbons (Fsp3) is 0.0455. The number of carbonyl (C=O) groups is 1.